The number of anilines is 1. The normalized spacial score (nSPS) is 10.3. The summed E-state index contributed by atoms with van der Waals surface area (Å²) in [5.74, 6) is 0.830. The minimum absolute atomic E-state index is 0.486. The van der Waals surface area contributed by atoms with Crippen molar-refractivity contribution in [3.8, 4) is 5.75 Å². The van der Waals surface area contributed by atoms with Gasteiger partial charge < -0.3 is 10.1 Å². The van der Waals surface area contributed by atoms with Crippen LogP contribution in [0.25, 0.3) is 0 Å². The van der Waals surface area contributed by atoms with E-state index in [-0.39, 0.29) is 0 Å². The highest BCUT2D eigenvalue weighted by Crippen LogP contribution is 2.19. The van der Waals surface area contributed by atoms with Crippen molar-refractivity contribution >= 4 is 29.1 Å². The number of nitrogens with one attached hydrogen (secondary N) is 1. The summed E-state index contributed by atoms with van der Waals surface area (Å²) in [5, 5.41) is 4.43. The van der Waals surface area contributed by atoms with E-state index in [0.717, 1.165) is 17.0 Å². The number of hydrogen-bond acceptors (Lipinski definition) is 5. The molecule has 2 rings (SSSR count). The molecule has 0 radical (unpaired) electrons. The fourth-order valence-corrected chi connectivity index (χ4v) is 2.08. The molecule has 0 saturated carbocycles. The number of hydrogen-bond donors (Lipinski definition) is 1. The molecule has 0 aliphatic rings. The molecule has 0 saturated heterocycles. The molecule has 0 fully saturated rings. The van der Waals surface area contributed by atoms with E-state index in [4.69, 9.17) is 16.3 Å². The van der Waals surface area contributed by atoms with Crippen LogP contribution in [0.5, 0.6) is 5.75 Å². The second kappa shape index (κ2) is 6.63. The summed E-state index contributed by atoms with van der Waals surface area (Å²) in [5.41, 5.74) is 1.86. The van der Waals surface area contributed by atoms with E-state index in [0.29, 0.717) is 16.9 Å². The van der Waals surface area contributed by atoms with Crippen molar-refractivity contribution < 1.29 is 4.74 Å². The van der Waals surface area contributed by atoms with E-state index in [1.54, 1.807) is 13.3 Å². The fraction of sp³-hybridized carbons (Fsp3) is 0.231. The Morgan fingerprint density at radius 2 is 2.05 bits per heavy atom. The van der Waals surface area contributed by atoms with Gasteiger partial charge in [0.15, 0.2) is 5.16 Å². The van der Waals surface area contributed by atoms with Gasteiger partial charge in [0.2, 0.25) is 0 Å². The first kappa shape index (κ1) is 14.0. The number of aromatic nitrogens is 2. The van der Waals surface area contributed by atoms with Gasteiger partial charge in [0.05, 0.1) is 7.11 Å². The van der Waals surface area contributed by atoms with Crippen LogP contribution in [0.2, 0.25) is 5.15 Å². The lowest BCUT2D eigenvalue weighted by Crippen LogP contribution is -2.02. The van der Waals surface area contributed by atoms with Gasteiger partial charge >= 0.3 is 0 Å². The molecule has 1 aromatic heterocycles. The molecular formula is C13H14ClN3OS. The number of methoxy groups -OCH3 is 1. The van der Waals surface area contributed by atoms with E-state index in [1.807, 2.05) is 30.5 Å². The number of benzene rings is 1. The third kappa shape index (κ3) is 3.75. The number of ether oxygens (including phenoxy) is 1. The molecule has 2 aromatic rings. The van der Waals surface area contributed by atoms with E-state index in [1.165, 1.54) is 11.8 Å². The van der Waals surface area contributed by atoms with Crippen LogP contribution < -0.4 is 10.1 Å². The Balaban J connectivity index is 2.01. The van der Waals surface area contributed by atoms with Crippen molar-refractivity contribution in [3.05, 3.63) is 41.2 Å². The Kier molecular flexibility index (Phi) is 4.87. The molecular weight excluding hydrogens is 282 g/mol. The predicted molar refractivity (Wildman–Crippen MR) is 79.1 cm³/mol. The number of rotatable bonds is 5. The third-order valence-electron chi connectivity index (χ3n) is 2.55. The first-order valence-corrected chi connectivity index (χ1v) is 7.26. The molecule has 19 heavy (non-hydrogen) atoms. The smallest absolute Gasteiger partial charge is 0.188 e. The Morgan fingerprint density at radius 3 is 2.63 bits per heavy atom. The molecule has 1 aromatic carbocycles. The summed E-state index contributed by atoms with van der Waals surface area (Å²) in [6.45, 7) is 0.583. The first-order valence-electron chi connectivity index (χ1n) is 5.66. The van der Waals surface area contributed by atoms with Gasteiger partial charge in [0.1, 0.15) is 10.9 Å². The summed E-state index contributed by atoms with van der Waals surface area (Å²) in [4.78, 5) is 8.39. The standard InChI is InChI=1S/C13H14ClN3OS/c1-18-11-5-3-10(4-6-11)15-7-9-8-16-13(19-2)17-12(9)14/h3-6,8,15H,7H2,1-2H3. The van der Waals surface area contributed by atoms with Crippen molar-refractivity contribution in [2.24, 2.45) is 0 Å². The molecule has 0 amide bonds. The molecule has 0 aliphatic carbocycles. The maximum atomic E-state index is 6.10. The minimum atomic E-state index is 0.486. The van der Waals surface area contributed by atoms with Gasteiger partial charge in [-0.25, -0.2) is 9.97 Å². The molecule has 1 heterocycles. The Hall–Kier alpha value is -1.46. The van der Waals surface area contributed by atoms with Crippen molar-refractivity contribution in [1.29, 1.82) is 0 Å². The molecule has 100 valence electrons. The maximum absolute atomic E-state index is 6.10. The van der Waals surface area contributed by atoms with Crippen LogP contribution in [-0.2, 0) is 6.54 Å². The van der Waals surface area contributed by atoms with Gasteiger partial charge in [0, 0.05) is 24.0 Å². The monoisotopic (exact) mass is 295 g/mol. The zero-order valence-electron chi connectivity index (χ0n) is 10.7. The fourth-order valence-electron chi connectivity index (χ4n) is 1.49. The lowest BCUT2D eigenvalue weighted by atomic mass is 10.3. The molecule has 6 heteroatoms. The second-order valence-corrected chi connectivity index (χ2v) is 4.89. The van der Waals surface area contributed by atoms with Crippen molar-refractivity contribution in [3.63, 3.8) is 0 Å². The Morgan fingerprint density at radius 1 is 1.32 bits per heavy atom. The summed E-state index contributed by atoms with van der Waals surface area (Å²) >= 11 is 7.57. The van der Waals surface area contributed by atoms with Crippen LogP contribution in [0.4, 0.5) is 5.69 Å². The number of thioether (sulfide) groups is 1. The van der Waals surface area contributed by atoms with Crippen molar-refractivity contribution in [2.75, 3.05) is 18.7 Å². The lowest BCUT2D eigenvalue weighted by Gasteiger charge is -2.08. The highest BCUT2D eigenvalue weighted by atomic mass is 35.5. The highest BCUT2D eigenvalue weighted by Gasteiger charge is 2.04. The predicted octanol–water partition coefficient (Wildman–Crippen LogP) is 3.47. The van der Waals surface area contributed by atoms with Crippen molar-refractivity contribution in [2.45, 2.75) is 11.7 Å². The summed E-state index contributed by atoms with van der Waals surface area (Å²) in [7, 11) is 1.65. The second-order valence-electron chi connectivity index (χ2n) is 3.75. The largest absolute Gasteiger partial charge is 0.497 e. The van der Waals surface area contributed by atoms with E-state index < -0.39 is 0 Å². The molecule has 0 aliphatic heterocycles. The Labute approximate surface area is 121 Å². The van der Waals surface area contributed by atoms with Gasteiger partial charge in [0.25, 0.3) is 0 Å². The van der Waals surface area contributed by atoms with Gasteiger partial charge in [-0.3, -0.25) is 0 Å². The lowest BCUT2D eigenvalue weighted by molar-refractivity contribution is 0.415. The molecule has 0 unspecified atom stereocenters. The average molecular weight is 296 g/mol. The van der Waals surface area contributed by atoms with Crippen LogP contribution in [0, 0.1) is 0 Å². The maximum Gasteiger partial charge on any atom is 0.188 e. The van der Waals surface area contributed by atoms with Gasteiger partial charge in [-0.1, -0.05) is 23.4 Å². The third-order valence-corrected chi connectivity index (χ3v) is 3.43. The Bertz CT molecular complexity index is 548. The van der Waals surface area contributed by atoms with Crippen LogP contribution in [0.1, 0.15) is 5.56 Å². The highest BCUT2D eigenvalue weighted by molar-refractivity contribution is 7.98. The molecule has 1 N–H and O–H groups in total. The molecule has 4 nitrogen and oxygen atoms in total. The topological polar surface area (TPSA) is 47.0 Å². The van der Waals surface area contributed by atoms with Crippen LogP contribution in [0.3, 0.4) is 0 Å². The van der Waals surface area contributed by atoms with E-state index in [9.17, 15) is 0 Å². The molecule has 0 atom stereocenters. The van der Waals surface area contributed by atoms with Gasteiger partial charge in [-0.2, -0.15) is 0 Å². The summed E-state index contributed by atoms with van der Waals surface area (Å²) in [6, 6.07) is 7.70. The van der Waals surface area contributed by atoms with Crippen LogP contribution in [-0.4, -0.2) is 23.3 Å². The van der Waals surface area contributed by atoms with Crippen LogP contribution >= 0.6 is 23.4 Å². The number of nitrogens with zero attached hydrogens (tertiary/aromatic N) is 2. The molecule has 0 spiro atoms. The van der Waals surface area contributed by atoms with Crippen LogP contribution in [0.15, 0.2) is 35.6 Å². The van der Waals surface area contributed by atoms with Crippen molar-refractivity contribution in [1.82, 2.24) is 9.97 Å². The van der Waals surface area contributed by atoms with Gasteiger partial charge in [-0.15, -0.1) is 0 Å². The quantitative estimate of drug-likeness (QED) is 0.520. The number of halogens is 1. The summed E-state index contributed by atoms with van der Waals surface area (Å²) < 4.78 is 5.11. The summed E-state index contributed by atoms with van der Waals surface area (Å²) in [6.07, 6.45) is 3.67. The van der Waals surface area contributed by atoms with Gasteiger partial charge in [-0.05, 0) is 30.5 Å². The zero-order valence-corrected chi connectivity index (χ0v) is 12.3. The average Bonchev–Trinajstić information content (AvgIpc) is 2.46. The minimum Gasteiger partial charge on any atom is -0.497 e. The molecule has 0 bridgehead atoms. The van der Waals surface area contributed by atoms with E-state index in [2.05, 4.69) is 15.3 Å². The first-order chi connectivity index (χ1) is 9.22. The zero-order chi connectivity index (χ0) is 13.7. The SMILES string of the molecule is COc1ccc(NCc2cnc(SC)nc2Cl)cc1. The van der Waals surface area contributed by atoms with E-state index >= 15 is 0 Å².